The third-order valence-electron chi connectivity index (χ3n) is 6.05. The van der Waals surface area contributed by atoms with Crippen LogP contribution in [0.25, 0.3) is 0 Å². The Morgan fingerprint density at radius 2 is 1.88 bits per heavy atom. The molecule has 0 aliphatic carbocycles. The Morgan fingerprint density at radius 3 is 2.59 bits per heavy atom. The predicted molar refractivity (Wildman–Crippen MR) is 127 cm³/mol. The smallest absolute Gasteiger partial charge is 0.241 e. The lowest BCUT2D eigenvalue weighted by atomic mass is 10.2. The second-order valence-electron chi connectivity index (χ2n) is 8.20. The van der Waals surface area contributed by atoms with E-state index in [0.717, 1.165) is 55.4 Å². The minimum atomic E-state index is -0.0591. The van der Waals surface area contributed by atoms with Crippen molar-refractivity contribution < 1.29 is 9.21 Å². The quantitative estimate of drug-likeness (QED) is 0.437. The summed E-state index contributed by atoms with van der Waals surface area (Å²) in [5, 5.41) is 4.18. The normalized spacial score (nSPS) is 14.9. The number of anilines is 1. The maximum atomic E-state index is 12.3. The van der Waals surface area contributed by atoms with Crippen molar-refractivity contribution in [2.24, 2.45) is 5.10 Å². The lowest BCUT2D eigenvalue weighted by Crippen LogP contribution is -2.47. The highest BCUT2D eigenvalue weighted by atomic mass is 16.3. The van der Waals surface area contributed by atoms with E-state index in [0.29, 0.717) is 13.0 Å². The molecular formula is C25H31N5O2. The van der Waals surface area contributed by atoms with Crippen LogP contribution in [0, 0.1) is 13.8 Å². The molecule has 1 N–H and O–H groups in total. The third-order valence-corrected chi connectivity index (χ3v) is 6.05. The van der Waals surface area contributed by atoms with Crippen LogP contribution in [0.15, 0.2) is 64.3 Å². The topological polar surface area (TPSA) is 66.0 Å². The maximum absolute atomic E-state index is 12.3. The summed E-state index contributed by atoms with van der Waals surface area (Å²) in [6.45, 7) is 9.44. The summed E-state index contributed by atoms with van der Waals surface area (Å²) >= 11 is 0. The summed E-state index contributed by atoms with van der Waals surface area (Å²) in [7, 11) is 0. The van der Waals surface area contributed by atoms with Gasteiger partial charge in [0.25, 0.3) is 0 Å². The average molecular weight is 434 g/mol. The third kappa shape index (κ3) is 5.48. The van der Waals surface area contributed by atoms with Crippen LogP contribution in [0.1, 0.15) is 29.1 Å². The Hall–Kier alpha value is -3.32. The molecule has 7 nitrogen and oxygen atoms in total. The van der Waals surface area contributed by atoms with Gasteiger partial charge in [-0.15, -0.1) is 0 Å². The van der Waals surface area contributed by atoms with Gasteiger partial charge in [0, 0.05) is 61.8 Å². The first-order chi connectivity index (χ1) is 15.6. The summed E-state index contributed by atoms with van der Waals surface area (Å²) < 4.78 is 7.63. The Bertz CT molecular complexity index is 1030. The number of carbonyl (C=O) groups excluding carboxylic acids is 1. The monoisotopic (exact) mass is 433 g/mol. The van der Waals surface area contributed by atoms with Gasteiger partial charge in [0.1, 0.15) is 5.76 Å². The molecule has 1 fully saturated rings. The molecule has 0 saturated carbocycles. The standard InChI is InChI=1S/C25H31N5O2/c1-20-17-22(21(2)30(20)19-24-9-6-16-32-24)18-26-27-25(31)10-11-28-12-14-29(15-13-28)23-7-4-3-5-8-23/h3-9,16-18H,10-15,19H2,1-2H3,(H,27,31)/b26-18-. The number of hydrogen-bond acceptors (Lipinski definition) is 5. The zero-order valence-electron chi connectivity index (χ0n) is 18.8. The second-order valence-corrected chi connectivity index (χ2v) is 8.20. The van der Waals surface area contributed by atoms with Crippen molar-refractivity contribution in [2.75, 3.05) is 37.6 Å². The number of amides is 1. The van der Waals surface area contributed by atoms with Gasteiger partial charge in [-0.3, -0.25) is 9.69 Å². The fraction of sp³-hybridized carbons (Fsp3) is 0.360. The summed E-state index contributed by atoms with van der Waals surface area (Å²) in [5.41, 5.74) is 7.15. The van der Waals surface area contributed by atoms with Crippen molar-refractivity contribution in [1.29, 1.82) is 0 Å². The van der Waals surface area contributed by atoms with E-state index >= 15 is 0 Å². The molecule has 4 rings (SSSR count). The van der Waals surface area contributed by atoms with E-state index in [1.165, 1.54) is 5.69 Å². The van der Waals surface area contributed by atoms with E-state index in [1.54, 1.807) is 12.5 Å². The van der Waals surface area contributed by atoms with Crippen molar-refractivity contribution >= 4 is 17.8 Å². The number of carbonyl (C=O) groups is 1. The largest absolute Gasteiger partial charge is 0.467 e. The number of piperazine rings is 1. The molecule has 0 unspecified atom stereocenters. The van der Waals surface area contributed by atoms with Gasteiger partial charge in [-0.25, -0.2) is 5.43 Å². The highest BCUT2D eigenvalue weighted by Crippen LogP contribution is 2.17. The molecule has 168 valence electrons. The van der Waals surface area contributed by atoms with Crippen LogP contribution in [0.3, 0.4) is 0 Å². The fourth-order valence-corrected chi connectivity index (χ4v) is 4.12. The molecule has 1 aliphatic rings. The highest BCUT2D eigenvalue weighted by molar-refractivity contribution is 5.84. The first kappa shape index (κ1) is 21.9. The number of benzene rings is 1. The first-order valence-electron chi connectivity index (χ1n) is 11.1. The van der Waals surface area contributed by atoms with Gasteiger partial charge < -0.3 is 13.9 Å². The molecule has 0 radical (unpaired) electrons. The molecule has 1 aliphatic heterocycles. The average Bonchev–Trinajstić information content (AvgIpc) is 3.43. The molecule has 0 bridgehead atoms. The summed E-state index contributed by atoms with van der Waals surface area (Å²) in [6, 6.07) is 16.4. The van der Waals surface area contributed by atoms with Gasteiger partial charge in [-0.1, -0.05) is 18.2 Å². The zero-order chi connectivity index (χ0) is 22.3. The van der Waals surface area contributed by atoms with Gasteiger partial charge in [0.15, 0.2) is 0 Å². The lowest BCUT2D eigenvalue weighted by Gasteiger charge is -2.36. The van der Waals surface area contributed by atoms with E-state index in [2.05, 4.69) is 62.1 Å². The maximum Gasteiger partial charge on any atom is 0.241 e. The predicted octanol–water partition coefficient (Wildman–Crippen LogP) is 3.41. The van der Waals surface area contributed by atoms with Crippen LogP contribution in [0.4, 0.5) is 5.69 Å². The molecule has 1 amide bonds. The Balaban J connectivity index is 1.21. The number of aromatic nitrogens is 1. The molecule has 1 saturated heterocycles. The van der Waals surface area contributed by atoms with Crippen LogP contribution in [0.5, 0.6) is 0 Å². The number of nitrogens with one attached hydrogen (secondary N) is 1. The van der Waals surface area contributed by atoms with E-state index in [1.807, 2.05) is 25.1 Å². The van der Waals surface area contributed by atoms with Gasteiger partial charge in [-0.05, 0) is 44.2 Å². The highest BCUT2D eigenvalue weighted by Gasteiger charge is 2.17. The van der Waals surface area contributed by atoms with Crippen molar-refractivity contribution in [3.05, 3.63) is 77.5 Å². The van der Waals surface area contributed by atoms with Crippen molar-refractivity contribution in [3.8, 4) is 0 Å². The molecule has 3 aromatic rings. The number of para-hydroxylation sites is 1. The number of nitrogens with zero attached hydrogens (tertiary/aromatic N) is 4. The fourth-order valence-electron chi connectivity index (χ4n) is 4.12. The number of rotatable bonds is 8. The summed E-state index contributed by atoms with van der Waals surface area (Å²) in [4.78, 5) is 17.0. The molecule has 32 heavy (non-hydrogen) atoms. The lowest BCUT2D eigenvalue weighted by molar-refractivity contribution is -0.121. The van der Waals surface area contributed by atoms with Crippen molar-refractivity contribution in [1.82, 2.24) is 14.9 Å². The van der Waals surface area contributed by atoms with Crippen LogP contribution in [0.2, 0.25) is 0 Å². The number of hydrazone groups is 1. The summed E-state index contributed by atoms with van der Waals surface area (Å²) in [5.74, 6) is 0.851. The van der Waals surface area contributed by atoms with E-state index < -0.39 is 0 Å². The van der Waals surface area contributed by atoms with Gasteiger partial charge in [-0.2, -0.15) is 5.10 Å². The minimum absolute atomic E-state index is 0.0591. The number of hydrogen-bond donors (Lipinski definition) is 1. The molecule has 3 heterocycles. The number of furan rings is 1. The van der Waals surface area contributed by atoms with Gasteiger partial charge in [0.2, 0.25) is 5.91 Å². The Kier molecular flexibility index (Phi) is 7.07. The van der Waals surface area contributed by atoms with Crippen molar-refractivity contribution in [2.45, 2.75) is 26.8 Å². The Morgan fingerprint density at radius 1 is 1.09 bits per heavy atom. The molecule has 0 spiro atoms. The second kappa shape index (κ2) is 10.3. The molecule has 7 heteroatoms. The minimum Gasteiger partial charge on any atom is -0.467 e. The van der Waals surface area contributed by atoms with Crippen LogP contribution in [-0.2, 0) is 11.3 Å². The van der Waals surface area contributed by atoms with Gasteiger partial charge >= 0.3 is 0 Å². The van der Waals surface area contributed by atoms with Crippen LogP contribution >= 0.6 is 0 Å². The van der Waals surface area contributed by atoms with Crippen LogP contribution in [-0.4, -0.2) is 54.3 Å². The van der Waals surface area contributed by atoms with E-state index in [9.17, 15) is 4.79 Å². The number of aryl methyl sites for hydroxylation is 1. The Labute approximate surface area is 189 Å². The van der Waals surface area contributed by atoms with E-state index in [-0.39, 0.29) is 5.91 Å². The molecule has 0 atom stereocenters. The van der Waals surface area contributed by atoms with Gasteiger partial charge in [0.05, 0.1) is 19.0 Å². The van der Waals surface area contributed by atoms with Crippen molar-refractivity contribution in [3.63, 3.8) is 0 Å². The SMILES string of the molecule is Cc1cc(/C=N\NC(=O)CCN2CCN(c3ccccc3)CC2)c(C)n1Cc1ccco1. The first-order valence-corrected chi connectivity index (χ1v) is 11.1. The van der Waals surface area contributed by atoms with Crippen LogP contribution < -0.4 is 10.3 Å². The molecular weight excluding hydrogens is 402 g/mol. The molecule has 1 aromatic carbocycles. The summed E-state index contributed by atoms with van der Waals surface area (Å²) in [6.07, 6.45) is 3.85. The van der Waals surface area contributed by atoms with E-state index in [4.69, 9.17) is 4.42 Å². The zero-order valence-corrected chi connectivity index (χ0v) is 18.8. The molecule has 2 aromatic heterocycles.